The lowest BCUT2D eigenvalue weighted by Crippen LogP contribution is -2.40. The predicted octanol–water partition coefficient (Wildman–Crippen LogP) is 5.27. The average Bonchev–Trinajstić information content (AvgIpc) is 2.69. The van der Waals surface area contributed by atoms with Gasteiger partial charge in [-0.2, -0.15) is 12.6 Å². The van der Waals surface area contributed by atoms with E-state index in [0.29, 0.717) is 24.5 Å². The van der Waals surface area contributed by atoms with Gasteiger partial charge in [-0.15, -0.1) is 0 Å². The summed E-state index contributed by atoms with van der Waals surface area (Å²) >= 11 is 3.53. The van der Waals surface area contributed by atoms with Crippen molar-refractivity contribution in [2.45, 2.75) is 32.8 Å². The van der Waals surface area contributed by atoms with Crippen LogP contribution in [0.2, 0.25) is 0 Å². The Hall–Kier alpha value is -2.40. The first-order valence-corrected chi connectivity index (χ1v) is 9.65. The lowest BCUT2D eigenvalue weighted by Gasteiger charge is -2.24. The number of carboxylic acid groups (broad SMARTS) is 1. The maximum Gasteiger partial charge on any atom is 0.347 e. The summed E-state index contributed by atoms with van der Waals surface area (Å²) in [6, 6.07) is 15.2. The van der Waals surface area contributed by atoms with Gasteiger partial charge in [0.05, 0.1) is 0 Å². The van der Waals surface area contributed by atoms with Crippen molar-refractivity contribution in [2.24, 2.45) is 0 Å². The Bertz CT molecular complexity index is 723. The van der Waals surface area contributed by atoms with E-state index >= 15 is 0 Å². The molecule has 0 aliphatic rings. The number of benzene rings is 2. The summed E-state index contributed by atoms with van der Waals surface area (Å²) in [4.78, 5) is 11.3. The summed E-state index contributed by atoms with van der Waals surface area (Å²) in [7, 11) is 0. The van der Waals surface area contributed by atoms with E-state index in [-0.39, 0.29) is 0 Å². The molecule has 0 fully saturated rings. The standard InChI is InChI=1S/C21H24O4.CH4S/c1-4-21(3,20(22)23)25-19-13-11-18(12-14-19)24-15-5-6-17-9-7-16(2)8-10-17;1-2/h5-14H,4,15H2,1-3H3,(H,22,23);2H,1H3/b6-5+;. The van der Waals surface area contributed by atoms with Crippen LogP contribution in [0.15, 0.2) is 54.6 Å². The van der Waals surface area contributed by atoms with Crippen molar-refractivity contribution in [3.63, 3.8) is 0 Å². The van der Waals surface area contributed by atoms with E-state index in [1.54, 1.807) is 44.4 Å². The van der Waals surface area contributed by atoms with E-state index in [2.05, 4.69) is 43.8 Å². The van der Waals surface area contributed by atoms with Gasteiger partial charge in [-0.1, -0.05) is 42.8 Å². The molecular weight excluding hydrogens is 360 g/mol. The van der Waals surface area contributed by atoms with Crippen LogP contribution in [-0.2, 0) is 4.79 Å². The molecule has 2 aromatic carbocycles. The van der Waals surface area contributed by atoms with Gasteiger partial charge < -0.3 is 14.6 Å². The van der Waals surface area contributed by atoms with Crippen molar-refractivity contribution < 1.29 is 19.4 Å². The van der Waals surface area contributed by atoms with Gasteiger partial charge >= 0.3 is 5.97 Å². The first-order chi connectivity index (χ1) is 12.9. The predicted molar refractivity (Wildman–Crippen MR) is 114 cm³/mol. The van der Waals surface area contributed by atoms with Gasteiger partial charge in [0.25, 0.3) is 0 Å². The number of ether oxygens (including phenoxy) is 2. The third-order valence-corrected chi connectivity index (χ3v) is 4.03. The molecule has 1 unspecified atom stereocenters. The Morgan fingerprint density at radius 3 is 2.15 bits per heavy atom. The molecule has 0 aromatic heterocycles. The molecular formula is C22H28O4S. The number of hydrogen-bond donors (Lipinski definition) is 2. The van der Waals surface area contributed by atoms with Gasteiger partial charge in [-0.25, -0.2) is 4.79 Å². The van der Waals surface area contributed by atoms with Crippen LogP contribution < -0.4 is 9.47 Å². The van der Waals surface area contributed by atoms with Crippen LogP contribution in [0, 0.1) is 6.92 Å². The molecule has 0 heterocycles. The number of rotatable bonds is 8. The van der Waals surface area contributed by atoms with Crippen LogP contribution in [-0.4, -0.2) is 29.5 Å². The van der Waals surface area contributed by atoms with Crippen molar-refractivity contribution in [1.82, 2.24) is 0 Å². The third kappa shape index (κ3) is 7.39. The van der Waals surface area contributed by atoms with Gasteiger partial charge in [0, 0.05) is 0 Å². The summed E-state index contributed by atoms with van der Waals surface area (Å²) in [6.45, 7) is 5.86. The number of aliphatic carboxylic acids is 1. The Morgan fingerprint density at radius 2 is 1.63 bits per heavy atom. The highest BCUT2D eigenvalue weighted by Crippen LogP contribution is 2.24. The highest BCUT2D eigenvalue weighted by Gasteiger charge is 2.33. The minimum absolute atomic E-state index is 0.379. The molecule has 0 amide bonds. The molecule has 1 atom stereocenters. The Labute approximate surface area is 167 Å². The third-order valence-electron chi connectivity index (χ3n) is 4.03. The molecule has 0 saturated heterocycles. The first kappa shape index (κ1) is 22.6. The quantitative estimate of drug-likeness (QED) is 0.605. The van der Waals surface area contributed by atoms with Crippen molar-refractivity contribution in [1.29, 1.82) is 0 Å². The monoisotopic (exact) mass is 388 g/mol. The number of carbonyl (C=O) groups is 1. The maximum absolute atomic E-state index is 11.3. The smallest absolute Gasteiger partial charge is 0.347 e. The summed E-state index contributed by atoms with van der Waals surface area (Å²) in [5.41, 5.74) is 1.14. The van der Waals surface area contributed by atoms with Crippen LogP contribution in [0.3, 0.4) is 0 Å². The topological polar surface area (TPSA) is 55.8 Å². The van der Waals surface area contributed by atoms with E-state index in [1.165, 1.54) is 5.56 Å². The molecule has 0 aliphatic heterocycles. The normalized spacial score (nSPS) is 12.6. The highest BCUT2D eigenvalue weighted by molar-refractivity contribution is 7.79. The highest BCUT2D eigenvalue weighted by atomic mass is 32.1. The fourth-order valence-corrected chi connectivity index (χ4v) is 2.14. The maximum atomic E-state index is 11.3. The van der Waals surface area contributed by atoms with Gasteiger partial charge in [-0.05, 0) is 62.4 Å². The molecule has 2 rings (SSSR count). The largest absolute Gasteiger partial charge is 0.490 e. The zero-order valence-corrected chi connectivity index (χ0v) is 17.2. The van der Waals surface area contributed by atoms with Crippen molar-refractivity contribution in [2.75, 3.05) is 12.9 Å². The van der Waals surface area contributed by atoms with Crippen LogP contribution in [0.25, 0.3) is 6.08 Å². The van der Waals surface area contributed by atoms with E-state index in [0.717, 1.165) is 5.56 Å². The van der Waals surface area contributed by atoms with Gasteiger partial charge in [0.2, 0.25) is 5.60 Å². The molecule has 27 heavy (non-hydrogen) atoms. The fraction of sp³-hybridized carbons (Fsp3) is 0.318. The molecule has 0 spiro atoms. The molecule has 0 saturated carbocycles. The molecule has 5 heteroatoms. The van der Waals surface area contributed by atoms with Gasteiger partial charge in [0.15, 0.2) is 0 Å². The molecule has 4 nitrogen and oxygen atoms in total. The van der Waals surface area contributed by atoms with Gasteiger partial charge in [0.1, 0.15) is 18.1 Å². The molecule has 2 aromatic rings. The zero-order chi connectivity index (χ0) is 20.3. The molecule has 146 valence electrons. The second-order valence-corrected chi connectivity index (χ2v) is 6.09. The van der Waals surface area contributed by atoms with Crippen LogP contribution in [0.4, 0.5) is 0 Å². The van der Waals surface area contributed by atoms with Crippen LogP contribution >= 0.6 is 12.6 Å². The van der Waals surface area contributed by atoms with Crippen LogP contribution in [0.5, 0.6) is 11.5 Å². The van der Waals surface area contributed by atoms with E-state index < -0.39 is 11.6 Å². The Kier molecular flexibility index (Phi) is 9.51. The van der Waals surface area contributed by atoms with E-state index in [1.807, 2.05) is 12.2 Å². The number of carboxylic acids is 1. The minimum atomic E-state index is -1.22. The summed E-state index contributed by atoms with van der Waals surface area (Å²) < 4.78 is 11.2. The summed E-state index contributed by atoms with van der Waals surface area (Å²) in [5.74, 6) is 0.236. The fourth-order valence-electron chi connectivity index (χ4n) is 2.14. The molecule has 0 aliphatic carbocycles. The molecule has 0 bridgehead atoms. The zero-order valence-electron chi connectivity index (χ0n) is 16.3. The summed E-state index contributed by atoms with van der Waals surface area (Å²) in [5, 5.41) is 9.24. The second kappa shape index (κ2) is 11.3. The minimum Gasteiger partial charge on any atom is -0.490 e. The van der Waals surface area contributed by atoms with Crippen molar-refractivity contribution in [3.8, 4) is 11.5 Å². The Balaban J connectivity index is 0.00000176. The van der Waals surface area contributed by atoms with E-state index in [9.17, 15) is 9.90 Å². The first-order valence-electron chi connectivity index (χ1n) is 8.76. The number of aryl methyl sites for hydroxylation is 1. The number of hydrogen-bond acceptors (Lipinski definition) is 4. The van der Waals surface area contributed by atoms with E-state index in [4.69, 9.17) is 9.47 Å². The second-order valence-electron chi connectivity index (χ2n) is 6.09. The molecule has 1 N–H and O–H groups in total. The molecule has 0 radical (unpaired) electrons. The Morgan fingerprint density at radius 1 is 1.07 bits per heavy atom. The average molecular weight is 389 g/mol. The van der Waals surface area contributed by atoms with Gasteiger partial charge in [-0.3, -0.25) is 0 Å². The van der Waals surface area contributed by atoms with Crippen LogP contribution in [0.1, 0.15) is 31.4 Å². The lowest BCUT2D eigenvalue weighted by atomic mass is 10.0. The lowest BCUT2D eigenvalue weighted by molar-refractivity contribution is -0.154. The van der Waals surface area contributed by atoms with Crippen molar-refractivity contribution >= 4 is 24.7 Å². The SMILES string of the molecule is CCC(C)(Oc1ccc(OC/C=C/c2ccc(C)cc2)cc1)C(=O)O.CS. The van der Waals surface area contributed by atoms with Crippen molar-refractivity contribution in [3.05, 3.63) is 65.7 Å². The summed E-state index contributed by atoms with van der Waals surface area (Å²) in [6.07, 6.45) is 6.04. The number of thiol groups is 1.